The van der Waals surface area contributed by atoms with Crippen LogP contribution >= 0.6 is 23.1 Å². The second kappa shape index (κ2) is 6.34. The molecule has 23 heavy (non-hydrogen) atoms. The lowest BCUT2D eigenvalue weighted by molar-refractivity contribution is 1.04. The standard InChI is InChI=1S/C20H17NS2/c1-14-8-10-15(11-9-14)17-13-20(19-7-4-12-22-19)23-18-6-3-2-5-16(18)21-17/h2-12,20H,13H2,1H3/t20-/m1/s1. The van der Waals surface area contributed by atoms with Gasteiger partial charge in [-0.3, -0.25) is 4.99 Å². The van der Waals surface area contributed by atoms with E-state index in [4.69, 9.17) is 4.99 Å². The Morgan fingerprint density at radius 3 is 2.57 bits per heavy atom. The van der Waals surface area contributed by atoms with Crippen molar-refractivity contribution in [2.45, 2.75) is 23.5 Å². The van der Waals surface area contributed by atoms with Gasteiger partial charge in [-0.15, -0.1) is 23.1 Å². The molecular weight excluding hydrogens is 318 g/mol. The van der Waals surface area contributed by atoms with Gasteiger partial charge >= 0.3 is 0 Å². The average molecular weight is 335 g/mol. The van der Waals surface area contributed by atoms with Crippen molar-refractivity contribution in [2.24, 2.45) is 4.99 Å². The molecule has 0 aliphatic carbocycles. The topological polar surface area (TPSA) is 12.4 Å². The molecule has 2 aromatic carbocycles. The lowest BCUT2D eigenvalue weighted by atomic mass is 10.0. The Morgan fingerprint density at radius 2 is 1.78 bits per heavy atom. The fourth-order valence-corrected chi connectivity index (χ4v) is 4.92. The van der Waals surface area contributed by atoms with Gasteiger partial charge in [0, 0.05) is 27.2 Å². The van der Waals surface area contributed by atoms with Gasteiger partial charge < -0.3 is 0 Å². The van der Waals surface area contributed by atoms with Crippen molar-refractivity contribution in [3.8, 4) is 0 Å². The SMILES string of the molecule is Cc1ccc(C2=Nc3ccccc3S[C@@H](c3cccs3)C2)cc1. The maximum atomic E-state index is 5.00. The number of benzene rings is 2. The highest BCUT2D eigenvalue weighted by Gasteiger charge is 2.22. The first-order valence-corrected chi connectivity index (χ1v) is 9.49. The van der Waals surface area contributed by atoms with Crippen LogP contribution in [0.5, 0.6) is 0 Å². The largest absolute Gasteiger partial charge is 0.252 e. The van der Waals surface area contributed by atoms with E-state index in [0.29, 0.717) is 5.25 Å². The third-order valence-electron chi connectivity index (χ3n) is 4.01. The van der Waals surface area contributed by atoms with E-state index < -0.39 is 0 Å². The van der Waals surface area contributed by atoms with E-state index in [1.54, 1.807) is 0 Å². The smallest absolute Gasteiger partial charge is 0.0769 e. The number of thiophene rings is 1. The second-order valence-corrected chi connectivity index (χ2v) is 7.94. The van der Waals surface area contributed by atoms with Gasteiger partial charge in [0.05, 0.1) is 5.69 Å². The molecule has 114 valence electrons. The zero-order chi connectivity index (χ0) is 15.6. The van der Waals surface area contributed by atoms with Gasteiger partial charge in [0.15, 0.2) is 0 Å². The summed E-state index contributed by atoms with van der Waals surface area (Å²) in [5.74, 6) is 0. The van der Waals surface area contributed by atoms with E-state index in [1.807, 2.05) is 23.1 Å². The zero-order valence-corrected chi connectivity index (χ0v) is 14.5. The van der Waals surface area contributed by atoms with E-state index in [1.165, 1.54) is 26.6 Å². The molecule has 2 heterocycles. The van der Waals surface area contributed by atoms with Crippen molar-refractivity contribution in [1.82, 2.24) is 0 Å². The molecule has 0 bridgehead atoms. The maximum Gasteiger partial charge on any atom is 0.0769 e. The van der Waals surface area contributed by atoms with Crippen LogP contribution in [0.4, 0.5) is 5.69 Å². The number of hydrogen-bond acceptors (Lipinski definition) is 3. The first-order chi connectivity index (χ1) is 11.3. The van der Waals surface area contributed by atoms with Crippen molar-refractivity contribution < 1.29 is 0 Å². The van der Waals surface area contributed by atoms with Crippen LogP contribution in [-0.4, -0.2) is 5.71 Å². The summed E-state index contributed by atoms with van der Waals surface area (Å²) < 4.78 is 0. The zero-order valence-electron chi connectivity index (χ0n) is 12.9. The first-order valence-electron chi connectivity index (χ1n) is 7.73. The van der Waals surface area contributed by atoms with Gasteiger partial charge in [-0.05, 0) is 36.1 Å². The van der Waals surface area contributed by atoms with E-state index in [0.717, 1.165) is 12.1 Å². The highest BCUT2D eigenvalue weighted by molar-refractivity contribution is 7.99. The molecule has 1 aromatic heterocycles. The van der Waals surface area contributed by atoms with Crippen molar-refractivity contribution in [2.75, 3.05) is 0 Å². The summed E-state index contributed by atoms with van der Waals surface area (Å²) in [6, 6.07) is 21.6. The van der Waals surface area contributed by atoms with Crippen molar-refractivity contribution >= 4 is 34.5 Å². The predicted octanol–water partition coefficient (Wildman–Crippen LogP) is 6.41. The number of hydrogen-bond donors (Lipinski definition) is 0. The monoisotopic (exact) mass is 335 g/mol. The molecular formula is C20H17NS2. The lowest BCUT2D eigenvalue weighted by Gasteiger charge is -2.14. The molecule has 3 heteroatoms. The second-order valence-electron chi connectivity index (χ2n) is 5.72. The molecule has 0 saturated carbocycles. The van der Waals surface area contributed by atoms with Gasteiger partial charge in [-0.2, -0.15) is 0 Å². The summed E-state index contributed by atoms with van der Waals surface area (Å²) in [6.07, 6.45) is 0.961. The van der Waals surface area contributed by atoms with Crippen LogP contribution in [0.3, 0.4) is 0 Å². The Balaban J connectivity index is 1.80. The highest BCUT2D eigenvalue weighted by atomic mass is 32.2. The minimum atomic E-state index is 0.429. The van der Waals surface area contributed by atoms with E-state index in [-0.39, 0.29) is 0 Å². The van der Waals surface area contributed by atoms with Crippen LogP contribution in [0.15, 0.2) is 75.9 Å². The normalized spacial score (nSPS) is 17.3. The highest BCUT2D eigenvalue weighted by Crippen LogP contribution is 2.46. The van der Waals surface area contributed by atoms with Crippen molar-refractivity contribution in [3.63, 3.8) is 0 Å². The number of thioether (sulfide) groups is 1. The Bertz CT molecular complexity index is 832. The molecule has 1 aliphatic rings. The molecule has 3 aromatic rings. The molecule has 0 radical (unpaired) electrons. The lowest BCUT2D eigenvalue weighted by Crippen LogP contribution is -2.04. The molecule has 4 rings (SSSR count). The van der Waals surface area contributed by atoms with E-state index in [9.17, 15) is 0 Å². The van der Waals surface area contributed by atoms with E-state index >= 15 is 0 Å². The fraction of sp³-hybridized carbons (Fsp3) is 0.150. The predicted molar refractivity (Wildman–Crippen MR) is 101 cm³/mol. The quantitative estimate of drug-likeness (QED) is 0.527. The minimum absolute atomic E-state index is 0.429. The number of rotatable bonds is 2. The molecule has 0 saturated heterocycles. The van der Waals surface area contributed by atoms with Crippen LogP contribution < -0.4 is 0 Å². The molecule has 0 unspecified atom stereocenters. The van der Waals surface area contributed by atoms with E-state index in [2.05, 4.69) is 73.0 Å². The summed E-state index contributed by atoms with van der Waals surface area (Å²) in [5, 5.41) is 2.59. The molecule has 0 spiro atoms. The maximum absolute atomic E-state index is 5.00. The van der Waals surface area contributed by atoms with Gasteiger partial charge in [-0.25, -0.2) is 0 Å². The third kappa shape index (κ3) is 3.12. The van der Waals surface area contributed by atoms with Crippen LogP contribution in [0.25, 0.3) is 0 Å². The Labute approximate surface area is 145 Å². The van der Waals surface area contributed by atoms with Crippen molar-refractivity contribution in [3.05, 3.63) is 82.0 Å². The number of aryl methyl sites for hydroxylation is 1. The molecule has 1 nitrogen and oxygen atoms in total. The van der Waals surface area contributed by atoms with Crippen LogP contribution in [0.2, 0.25) is 0 Å². The van der Waals surface area contributed by atoms with Gasteiger partial charge in [-0.1, -0.05) is 48.0 Å². The van der Waals surface area contributed by atoms with Gasteiger partial charge in [0.25, 0.3) is 0 Å². The van der Waals surface area contributed by atoms with Crippen LogP contribution in [-0.2, 0) is 0 Å². The van der Waals surface area contributed by atoms with Gasteiger partial charge in [0.2, 0.25) is 0 Å². The molecule has 0 N–H and O–H groups in total. The summed E-state index contributed by atoms with van der Waals surface area (Å²) in [6.45, 7) is 2.12. The molecule has 1 aliphatic heterocycles. The van der Waals surface area contributed by atoms with Crippen LogP contribution in [0.1, 0.15) is 27.7 Å². The third-order valence-corrected chi connectivity index (χ3v) is 6.45. The van der Waals surface area contributed by atoms with Crippen molar-refractivity contribution in [1.29, 1.82) is 0 Å². The molecule has 0 fully saturated rings. The number of fused-ring (bicyclic) bond motifs is 1. The number of nitrogens with zero attached hydrogens (tertiary/aromatic N) is 1. The number of aliphatic imine (C=N–C) groups is 1. The Hall–Kier alpha value is -1.84. The summed E-state index contributed by atoms with van der Waals surface area (Å²) >= 11 is 3.77. The average Bonchev–Trinajstić information content (AvgIpc) is 3.03. The first kappa shape index (κ1) is 14.7. The number of para-hydroxylation sites is 1. The van der Waals surface area contributed by atoms with Crippen LogP contribution in [0, 0.1) is 6.92 Å². The molecule has 0 amide bonds. The fourth-order valence-electron chi connectivity index (χ4n) is 2.77. The summed E-state index contributed by atoms with van der Waals surface area (Å²) in [7, 11) is 0. The summed E-state index contributed by atoms with van der Waals surface area (Å²) in [4.78, 5) is 7.69. The Morgan fingerprint density at radius 1 is 0.957 bits per heavy atom. The summed E-state index contributed by atoms with van der Waals surface area (Å²) in [5.41, 5.74) is 4.79. The Kier molecular flexibility index (Phi) is 4.06. The van der Waals surface area contributed by atoms with Gasteiger partial charge in [0.1, 0.15) is 0 Å². The minimum Gasteiger partial charge on any atom is -0.252 e. The molecule has 1 atom stereocenters.